The third-order valence-electron chi connectivity index (χ3n) is 3.36. The predicted octanol–water partition coefficient (Wildman–Crippen LogP) is 1.31. The summed E-state index contributed by atoms with van der Waals surface area (Å²) in [5.41, 5.74) is 0. The van der Waals surface area contributed by atoms with Crippen LogP contribution in [-0.4, -0.2) is 43.3 Å². The Balaban J connectivity index is 1.98. The number of aromatic nitrogens is 2. The van der Waals surface area contributed by atoms with Crippen molar-refractivity contribution in [1.29, 1.82) is 0 Å². The van der Waals surface area contributed by atoms with Gasteiger partial charge in [-0.3, -0.25) is 0 Å². The van der Waals surface area contributed by atoms with Crippen molar-refractivity contribution in [1.82, 2.24) is 15.3 Å². The molecule has 1 aromatic heterocycles. The van der Waals surface area contributed by atoms with Gasteiger partial charge in [0, 0.05) is 19.2 Å². The summed E-state index contributed by atoms with van der Waals surface area (Å²) in [5, 5.41) is 3.43. The zero-order valence-corrected chi connectivity index (χ0v) is 11.2. The van der Waals surface area contributed by atoms with Crippen molar-refractivity contribution in [3.05, 3.63) is 12.4 Å². The Morgan fingerprint density at radius 2 is 2.39 bits per heavy atom. The van der Waals surface area contributed by atoms with Crippen LogP contribution < -0.4 is 15.0 Å². The maximum absolute atomic E-state index is 5.15. The highest BCUT2D eigenvalue weighted by Gasteiger charge is 2.20. The second-order valence-electron chi connectivity index (χ2n) is 4.68. The van der Waals surface area contributed by atoms with E-state index < -0.39 is 0 Å². The van der Waals surface area contributed by atoms with Crippen LogP contribution in [0.3, 0.4) is 0 Å². The Morgan fingerprint density at radius 1 is 1.50 bits per heavy atom. The van der Waals surface area contributed by atoms with Crippen LogP contribution in [0.1, 0.15) is 19.8 Å². The Bertz CT molecular complexity index is 372. The van der Waals surface area contributed by atoms with E-state index in [-0.39, 0.29) is 0 Å². The Morgan fingerprint density at radius 3 is 3.17 bits per heavy atom. The summed E-state index contributed by atoms with van der Waals surface area (Å²) in [6, 6.07) is 1.91. The van der Waals surface area contributed by atoms with Crippen LogP contribution in [0, 0.1) is 5.92 Å². The fourth-order valence-corrected chi connectivity index (χ4v) is 2.40. The minimum atomic E-state index is 0.633. The first-order valence-electron chi connectivity index (χ1n) is 6.65. The SMILES string of the molecule is CCNCC1CCCN(c2cc(OC)ncn2)C1. The summed E-state index contributed by atoms with van der Waals surface area (Å²) < 4.78 is 5.15. The van der Waals surface area contributed by atoms with Gasteiger partial charge in [-0.25, -0.2) is 9.97 Å². The molecule has 1 atom stereocenters. The van der Waals surface area contributed by atoms with E-state index in [0.717, 1.165) is 32.0 Å². The minimum Gasteiger partial charge on any atom is -0.481 e. The van der Waals surface area contributed by atoms with Crippen LogP contribution in [0.2, 0.25) is 0 Å². The average molecular weight is 250 g/mol. The van der Waals surface area contributed by atoms with Gasteiger partial charge in [0.05, 0.1) is 7.11 Å². The molecule has 1 aromatic rings. The van der Waals surface area contributed by atoms with E-state index in [1.807, 2.05) is 6.07 Å². The largest absolute Gasteiger partial charge is 0.481 e. The molecule has 2 rings (SSSR count). The summed E-state index contributed by atoms with van der Waals surface area (Å²) in [6.07, 6.45) is 4.09. The van der Waals surface area contributed by atoms with Gasteiger partial charge >= 0.3 is 0 Å². The van der Waals surface area contributed by atoms with E-state index in [1.165, 1.54) is 12.8 Å². The van der Waals surface area contributed by atoms with Crippen molar-refractivity contribution in [2.75, 3.05) is 38.2 Å². The van der Waals surface area contributed by atoms with E-state index in [9.17, 15) is 0 Å². The fourth-order valence-electron chi connectivity index (χ4n) is 2.40. The number of hydrogen-bond acceptors (Lipinski definition) is 5. The number of nitrogens with zero attached hydrogens (tertiary/aromatic N) is 3. The van der Waals surface area contributed by atoms with Crippen molar-refractivity contribution < 1.29 is 4.74 Å². The molecule has 1 N–H and O–H groups in total. The normalized spacial score (nSPS) is 19.9. The van der Waals surface area contributed by atoms with Gasteiger partial charge in [-0.2, -0.15) is 0 Å². The van der Waals surface area contributed by atoms with Gasteiger partial charge in [0.25, 0.3) is 0 Å². The van der Waals surface area contributed by atoms with Gasteiger partial charge in [-0.05, 0) is 31.8 Å². The van der Waals surface area contributed by atoms with Gasteiger partial charge in [0.1, 0.15) is 12.1 Å². The molecule has 5 heteroatoms. The molecule has 0 spiro atoms. The van der Waals surface area contributed by atoms with Crippen LogP contribution >= 0.6 is 0 Å². The maximum Gasteiger partial charge on any atom is 0.218 e. The molecule has 1 aliphatic heterocycles. The van der Waals surface area contributed by atoms with Crippen LogP contribution in [-0.2, 0) is 0 Å². The first-order chi connectivity index (χ1) is 8.83. The highest BCUT2D eigenvalue weighted by Crippen LogP contribution is 2.22. The highest BCUT2D eigenvalue weighted by atomic mass is 16.5. The molecule has 5 nitrogen and oxygen atoms in total. The van der Waals surface area contributed by atoms with Crippen molar-refractivity contribution >= 4 is 5.82 Å². The van der Waals surface area contributed by atoms with Crippen molar-refractivity contribution in [3.63, 3.8) is 0 Å². The molecule has 18 heavy (non-hydrogen) atoms. The molecule has 2 heterocycles. The molecule has 0 radical (unpaired) electrons. The Kier molecular flexibility index (Phi) is 4.75. The molecular weight excluding hydrogens is 228 g/mol. The van der Waals surface area contributed by atoms with Crippen molar-refractivity contribution in [2.45, 2.75) is 19.8 Å². The lowest BCUT2D eigenvalue weighted by atomic mass is 9.98. The predicted molar refractivity (Wildman–Crippen MR) is 72.1 cm³/mol. The Labute approximate surface area is 109 Å². The van der Waals surface area contributed by atoms with Gasteiger partial charge in [0.2, 0.25) is 5.88 Å². The molecule has 1 aliphatic rings. The van der Waals surface area contributed by atoms with Crippen LogP contribution in [0.5, 0.6) is 5.88 Å². The molecule has 1 saturated heterocycles. The topological polar surface area (TPSA) is 50.3 Å². The van der Waals surface area contributed by atoms with Crippen LogP contribution in [0.15, 0.2) is 12.4 Å². The standard InChI is InChI=1S/C13H22N4O/c1-3-14-8-11-5-4-6-17(9-11)12-7-13(18-2)16-10-15-12/h7,10-11,14H,3-6,8-9H2,1-2H3. The molecule has 1 fully saturated rings. The van der Waals surface area contributed by atoms with Crippen LogP contribution in [0.25, 0.3) is 0 Å². The maximum atomic E-state index is 5.15. The fraction of sp³-hybridized carbons (Fsp3) is 0.692. The molecule has 0 aliphatic carbocycles. The lowest BCUT2D eigenvalue weighted by molar-refractivity contribution is 0.387. The van der Waals surface area contributed by atoms with Gasteiger partial charge < -0.3 is 15.0 Å². The smallest absolute Gasteiger partial charge is 0.218 e. The summed E-state index contributed by atoms with van der Waals surface area (Å²) in [4.78, 5) is 10.7. The third-order valence-corrected chi connectivity index (χ3v) is 3.36. The summed E-state index contributed by atoms with van der Waals surface area (Å²) in [6.45, 7) is 6.42. The zero-order chi connectivity index (χ0) is 12.8. The summed E-state index contributed by atoms with van der Waals surface area (Å²) in [5.74, 6) is 2.32. The molecule has 100 valence electrons. The Hall–Kier alpha value is -1.36. The monoisotopic (exact) mass is 250 g/mol. The number of nitrogens with one attached hydrogen (secondary N) is 1. The van der Waals surface area contributed by atoms with E-state index in [1.54, 1.807) is 13.4 Å². The third kappa shape index (κ3) is 3.32. The summed E-state index contributed by atoms with van der Waals surface area (Å²) >= 11 is 0. The minimum absolute atomic E-state index is 0.633. The number of ether oxygens (including phenoxy) is 1. The lowest BCUT2D eigenvalue weighted by Crippen LogP contribution is -2.40. The molecule has 0 aromatic carbocycles. The molecule has 0 bridgehead atoms. The number of rotatable bonds is 5. The molecule has 0 amide bonds. The average Bonchev–Trinajstić information content (AvgIpc) is 2.45. The number of piperidine rings is 1. The second-order valence-corrected chi connectivity index (χ2v) is 4.68. The van der Waals surface area contributed by atoms with E-state index in [0.29, 0.717) is 11.8 Å². The quantitative estimate of drug-likeness (QED) is 0.854. The van der Waals surface area contributed by atoms with Gasteiger partial charge in [-0.15, -0.1) is 0 Å². The first-order valence-corrected chi connectivity index (χ1v) is 6.65. The first kappa shape index (κ1) is 13.1. The van der Waals surface area contributed by atoms with Gasteiger partial charge in [-0.1, -0.05) is 6.92 Å². The zero-order valence-electron chi connectivity index (χ0n) is 11.2. The van der Waals surface area contributed by atoms with E-state index in [2.05, 4.69) is 27.1 Å². The van der Waals surface area contributed by atoms with E-state index in [4.69, 9.17) is 4.74 Å². The van der Waals surface area contributed by atoms with Crippen molar-refractivity contribution in [2.24, 2.45) is 5.92 Å². The number of methoxy groups -OCH3 is 1. The number of anilines is 1. The second kappa shape index (κ2) is 6.54. The molecule has 1 unspecified atom stereocenters. The highest BCUT2D eigenvalue weighted by molar-refractivity contribution is 5.41. The summed E-state index contributed by atoms with van der Waals surface area (Å²) in [7, 11) is 1.64. The van der Waals surface area contributed by atoms with Gasteiger partial charge in [0.15, 0.2) is 0 Å². The molecule has 0 saturated carbocycles. The van der Waals surface area contributed by atoms with Crippen LogP contribution in [0.4, 0.5) is 5.82 Å². The van der Waals surface area contributed by atoms with Crippen molar-refractivity contribution in [3.8, 4) is 5.88 Å². The lowest BCUT2D eigenvalue weighted by Gasteiger charge is -2.33. The van der Waals surface area contributed by atoms with E-state index >= 15 is 0 Å². The number of hydrogen-bond donors (Lipinski definition) is 1. The molecular formula is C13H22N4O.